The molecule has 2 saturated heterocycles. The highest BCUT2D eigenvalue weighted by molar-refractivity contribution is 5.77. The summed E-state index contributed by atoms with van der Waals surface area (Å²) in [5.41, 5.74) is -0.00817. The van der Waals surface area contributed by atoms with Crippen molar-refractivity contribution in [2.45, 2.75) is 56.7 Å². The Bertz CT molecular complexity index is 1030. The number of anilines is 1. The number of carbonyl (C=O) groups excluding carboxylic acids is 1. The van der Waals surface area contributed by atoms with Crippen molar-refractivity contribution >= 4 is 11.7 Å². The Morgan fingerprint density at radius 2 is 1.91 bits per heavy atom. The van der Waals surface area contributed by atoms with E-state index in [0.717, 1.165) is 25.1 Å². The molecule has 1 aromatic heterocycles. The summed E-state index contributed by atoms with van der Waals surface area (Å²) in [5, 5.41) is 11.1. The molecule has 0 saturated carbocycles. The molecule has 3 heterocycles. The molecule has 1 N–H and O–H groups in total. The Kier molecular flexibility index (Phi) is 7.38. The summed E-state index contributed by atoms with van der Waals surface area (Å²) in [6, 6.07) is 12.1. The van der Waals surface area contributed by atoms with Crippen LogP contribution >= 0.6 is 0 Å². The van der Waals surface area contributed by atoms with Crippen LogP contribution < -0.4 is 10.5 Å². The van der Waals surface area contributed by atoms with Crippen LogP contribution in [0.5, 0.6) is 0 Å². The molecule has 1 amide bonds. The van der Waals surface area contributed by atoms with Crippen molar-refractivity contribution in [3.05, 3.63) is 58.6 Å². The molecule has 2 aliphatic rings. The second kappa shape index (κ2) is 10.3. The highest BCUT2D eigenvalue weighted by atomic mass is 16.3. The fourth-order valence-electron chi connectivity index (χ4n) is 5.02. The van der Waals surface area contributed by atoms with Crippen LogP contribution in [0.15, 0.2) is 47.5 Å². The molecule has 184 valence electrons. The topological polar surface area (TPSA) is 81.9 Å². The van der Waals surface area contributed by atoms with E-state index in [2.05, 4.69) is 35.8 Å². The van der Waals surface area contributed by atoms with Crippen LogP contribution in [0.4, 0.5) is 5.82 Å². The van der Waals surface area contributed by atoms with Crippen LogP contribution in [0.3, 0.4) is 0 Å². The molecule has 0 aliphatic carbocycles. The molecule has 8 heteroatoms. The van der Waals surface area contributed by atoms with Crippen molar-refractivity contribution in [2.24, 2.45) is 0 Å². The van der Waals surface area contributed by atoms with Gasteiger partial charge < -0.3 is 19.8 Å². The van der Waals surface area contributed by atoms with Gasteiger partial charge in [-0.3, -0.25) is 14.2 Å². The van der Waals surface area contributed by atoms with E-state index in [4.69, 9.17) is 0 Å². The Balaban J connectivity index is 1.31. The molecular weight excluding hydrogens is 430 g/mol. The van der Waals surface area contributed by atoms with Crippen LogP contribution in [-0.2, 0) is 11.3 Å². The van der Waals surface area contributed by atoms with E-state index in [9.17, 15) is 14.7 Å². The Labute approximate surface area is 201 Å². The molecule has 0 bridgehead atoms. The van der Waals surface area contributed by atoms with Gasteiger partial charge in [-0.15, -0.1) is 0 Å². The quantitative estimate of drug-likeness (QED) is 0.670. The van der Waals surface area contributed by atoms with E-state index in [1.54, 1.807) is 12.4 Å². The number of piperidine rings is 1. The first-order valence-electron chi connectivity index (χ1n) is 12.3. The third-order valence-corrected chi connectivity index (χ3v) is 7.44. The van der Waals surface area contributed by atoms with Crippen molar-refractivity contribution in [1.82, 2.24) is 19.4 Å². The monoisotopic (exact) mass is 467 g/mol. The molecule has 2 unspecified atom stereocenters. The minimum atomic E-state index is -1.02. The van der Waals surface area contributed by atoms with E-state index in [1.807, 2.05) is 35.2 Å². The molecule has 0 spiro atoms. The number of likely N-dealkylation sites (N-methyl/N-ethyl adjacent to an activating group) is 1. The SMILES string of the molecule is CC(CC(=O)N1CCC(O)(Cn2cnc(N3CCC(N(C)C)C3)cc2=O)CC1)c1ccccc1. The van der Waals surface area contributed by atoms with Crippen molar-refractivity contribution in [1.29, 1.82) is 0 Å². The van der Waals surface area contributed by atoms with Crippen LogP contribution in [0, 0.1) is 0 Å². The van der Waals surface area contributed by atoms with Gasteiger partial charge >= 0.3 is 0 Å². The second-order valence-electron chi connectivity index (χ2n) is 10.2. The lowest BCUT2D eigenvalue weighted by Gasteiger charge is -2.38. The number of benzene rings is 1. The molecule has 2 aliphatic heterocycles. The average molecular weight is 468 g/mol. The predicted molar refractivity (Wildman–Crippen MR) is 133 cm³/mol. The summed E-state index contributed by atoms with van der Waals surface area (Å²) in [7, 11) is 4.14. The number of hydrogen-bond acceptors (Lipinski definition) is 6. The third kappa shape index (κ3) is 5.67. The summed E-state index contributed by atoms with van der Waals surface area (Å²) in [6.07, 6.45) is 3.96. The van der Waals surface area contributed by atoms with Gasteiger partial charge in [0.25, 0.3) is 5.56 Å². The number of rotatable bonds is 7. The molecule has 8 nitrogen and oxygen atoms in total. The number of amides is 1. The van der Waals surface area contributed by atoms with Crippen LogP contribution in [0.25, 0.3) is 0 Å². The van der Waals surface area contributed by atoms with Crippen molar-refractivity contribution in [2.75, 3.05) is 45.2 Å². The highest BCUT2D eigenvalue weighted by Crippen LogP contribution is 2.26. The number of hydrogen-bond donors (Lipinski definition) is 1. The van der Waals surface area contributed by atoms with Gasteiger partial charge in [-0.05, 0) is 44.8 Å². The summed E-state index contributed by atoms with van der Waals surface area (Å²) >= 11 is 0. The molecule has 1 aromatic carbocycles. The van der Waals surface area contributed by atoms with Crippen molar-refractivity contribution in [3.8, 4) is 0 Å². The second-order valence-corrected chi connectivity index (χ2v) is 10.2. The molecule has 2 fully saturated rings. The lowest BCUT2D eigenvalue weighted by Crippen LogP contribution is -2.49. The van der Waals surface area contributed by atoms with Gasteiger partial charge in [0.05, 0.1) is 18.5 Å². The zero-order valence-electron chi connectivity index (χ0n) is 20.6. The molecule has 2 aromatic rings. The maximum Gasteiger partial charge on any atom is 0.255 e. The Morgan fingerprint density at radius 1 is 1.21 bits per heavy atom. The van der Waals surface area contributed by atoms with Gasteiger partial charge in [0.2, 0.25) is 5.91 Å². The summed E-state index contributed by atoms with van der Waals surface area (Å²) < 4.78 is 1.50. The van der Waals surface area contributed by atoms with Crippen LogP contribution in [0.2, 0.25) is 0 Å². The summed E-state index contributed by atoms with van der Waals surface area (Å²) in [4.78, 5) is 36.3. The number of aliphatic hydroxyl groups is 1. The molecule has 2 atom stereocenters. The van der Waals surface area contributed by atoms with Gasteiger partial charge in [-0.25, -0.2) is 4.98 Å². The standard InChI is InChI=1S/C26H37N5O3/c1-20(21-7-5-4-6-8-21)15-24(32)29-13-10-26(34,11-14-29)18-31-19-27-23(16-25(31)33)30-12-9-22(17-30)28(2)3/h4-8,16,19-20,22,34H,9-15,17-18H2,1-3H3. The average Bonchev–Trinajstić information content (AvgIpc) is 3.32. The van der Waals surface area contributed by atoms with E-state index in [-0.39, 0.29) is 23.9 Å². The normalized spacial score (nSPS) is 21.1. The fraction of sp³-hybridized carbons (Fsp3) is 0.577. The number of nitrogens with zero attached hydrogens (tertiary/aromatic N) is 5. The van der Waals surface area contributed by atoms with Crippen molar-refractivity contribution < 1.29 is 9.90 Å². The van der Waals surface area contributed by atoms with Gasteiger partial charge in [0.15, 0.2) is 0 Å². The maximum atomic E-state index is 12.8. The van der Waals surface area contributed by atoms with Crippen LogP contribution in [-0.4, -0.2) is 82.3 Å². The van der Waals surface area contributed by atoms with Gasteiger partial charge in [-0.2, -0.15) is 0 Å². The van der Waals surface area contributed by atoms with E-state index >= 15 is 0 Å². The number of carbonyl (C=O) groups is 1. The summed E-state index contributed by atoms with van der Waals surface area (Å²) in [6.45, 7) is 5.00. The van der Waals surface area contributed by atoms with Gasteiger partial charge in [0.1, 0.15) is 5.82 Å². The van der Waals surface area contributed by atoms with Crippen molar-refractivity contribution in [3.63, 3.8) is 0 Å². The minimum absolute atomic E-state index is 0.114. The first-order valence-corrected chi connectivity index (χ1v) is 12.3. The number of likely N-dealkylation sites (tertiary alicyclic amines) is 1. The lowest BCUT2D eigenvalue weighted by atomic mass is 9.90. The molecular formula is C26H37N5O3. The van der Waals surface area contributed by atoms with E-state index in [1.165, 1.54) is 4.57 Å². The maximum absolute atomic E-state index is 12.8. The first kappa shape index (κ1) is 24.4. The Morgan fingerprint density at radius 3 is 2.53 bits per heavy atom. The van der Waals surface area contributed by atoms with E-state index < -0.39 is 5.60 Å². The van der Waals surface area contributed by atoms with Gasteiger partial charge in [0, 0.05) is 44.7 Å². The predicted octanol–water partition coefficient (Wildman–Crippen LogP) is 1.93. The van der Waals surface area contributed by atoms with Gasteiger partial charge in [-0.1, -0.05) is 37.3 Å². The lowest BCUT2D eigenvalue weighted by molar-refractivity contribution is -0.136. The smallest absolute Gasteiger partial charge is 0.255 e. The molecule has 4 rings (SSSR count). The minimum Gasteiger partial charge on any atom is -0.388 e. The fourth-order valence-corrected chi connectivity index (χ4v) is 5.02. The third-order valence-electron chi connectivity index (χ3n) is 7.44. The van der Waals surface area contributed by atoms with Crippen LogP contribution in [0.1, 0.15) is 44.1 Å². The number of aromatic nitrogens is 2. The summed E-state index contributed by atoms with van der Waals surface area (Å²) in [5.74, 6) is 0.968. The zero-order valence-corrected chi connectivity index (χ0v) is 20.6. The zero-order chi connectivity index (χ0) is 24.3. The van der Waals surface area contributed by atoms with E-state index in [0.29, 0.717) is 44.2 Å². The first-order chi connectivity index (χ1) is 16.2. The molecule has 34 heavy (non-hydrogen) atoms. The Hall–Kier alpha value is -2.71. The largest absolute Gasteiger partial charge is 0.388 e. The highest BCUT2D eigenvalue weighted by Gasteiger charge is 2.35. The molecule has 0 radical (unpaired) electrons.